The van der Waals surface area contributed by atoms with E-state index in [1.165, 1.54) is 0 Å². The van der Waals surface area contributed by atoms with Crippen molar-refractivity contribution in [3.63, 3.8) is 0 Å². The Bertz CT molecular complexity index is 380. The molecule has 0 saturated carbocycles. The summed E-state index contributed by atoms with van der Waals surface area (Å²) in [6, 6.07) is 5.09. The van der Waals surface area contributed by atoms with Gasteiger partial charge in [-0.15, -0.1) is 0 Å². The SMILES string of the molecule is Cc1ccc(C(=O)O)cc1CCC=CO. The molecule has 0 heterocycles. The molecule has 3 nitrogen and oxygen atoms in total. The van der Waals surface area contributed by atoms with Crippen molar-refractivity contribution < 1.29 is 15.0 Å². The van der Waals surface area contributed by atoms with E-state index in [0.29, 0.717) is 12.0 Å². The number of aromatic carboxylic acids is 1. The van der Waals surface area contributed by atoms with Gasteiger partial charge in [-0.2, -0.15) is 0 Å². The van der Waals surface area contributed by atoms with E-state index in [-0.39, 0.29) is 0 Å². The number of carbonyl (C=O) groups is 1. The number of aliphatic hydroxyl groups excluding tert-OH is 1. The van der Waals surface area contributed by atoms with Gasteiger partial charge in [-0.05, 0) is 49.1 Å². The number of aryl methyl sites for hydroxylation is 2. The van der Waals surface area contributed by atoms with E-state index < -0.39 is 5.97 Å². The van der Waals surface area contributed by atoms with Gasteiger partial charge in [0, 0.05) is 0 Å². The van der Waals surface area contributed by atoms with Crippen LogP contribution in [0.3, 0.4) is 0 Å². The Morgan fingerprint density at radius 2 is 2.20 bits per heavy atom. The summed E-state index contributed by atoms with van der Waals surface area (Å²) in [6.45, 7) is 1.95. The Labute approximate surface area is 88.7 Å². The fourth-order valence-electron chi connectivity index (χ4n) is 1.39. The lowest BCUT2D eigenvalue weighted by atomic mass is 10.0. The average molecular weight is 206 g/mol. The van der Waals surface area contributed by atoms with Crippen molar-refractivity contribution in [3.8, 4) is 0 Å². The van der Waals surface area contributed by atoms with Gasteiger partial charge in [0.25, 0.3) is 0 Å². The molecule has 1 rings (SSSR count). The molecule has 15 heavy (non-hydrogen) atoms. The third kappa shape index (κ3) is 3.13. The molecule has 0 unspecified atom stereocenters. The maximum Gasteiger partial charge on any atom is 0.335 e. The van der Waals surface area contributed by atoms with Crippen LogP contribution in [0, 0.1) is 6.92 Å². The van der Waals surface area contributed by atoms with E-state index in [0.717, 1.165) is 23.8 Å². The Morgan fingerprint density at radius 1 is 1.47 bits per heavy atom. The number of benzene rings is 1. The van der Waals surface area contributed by atoms with Crippen molar-refractivity contribution in [2.24, 2.45) is 0 Å². The number of carboxylic acid groups (broad SMARTS) is 1. The summed E-state index contributed by atoms with van der Waals surface area (Å²) in [5.41, 5.74) is 2.39. The fraction of sp³-hybridized carbons (Fsp3) is 0.250. The monoisotopic (exact) mass is 206 g/mol. The third-order valence-corrected chi connectivity index (χ3v) is 2.28. The molecule has 80 valence electrons. The van der Waals surface area contributed by atoms with Crippen molar-refractivity contribution in [1.82, 2.24) is 0 Å². The third-order valence-electron chi connectivity index (χ3n) is 2.28. The lowest BCUT2D eigenvalue weighted by molar-refractivity contribution is 0.0697. The number of aliphatic hydroxyl groups is 1. The Kier molecular flexibility index (Phi) is 3.92. The first-order valence-electron chi connectivity index (χ1n) is 4.77. The first kappa shape index (κ1) is 11.3. The highest BCUT2D eigenvalue weighted by Crippen LogP contribution is 2.13. The van der Waals surface area contributed by atoms with Crippen LogP contribution < -0.4 is 0 Å². The number of hydrogen-bond donors (Lipinski definition) is 2. The topological polar surface area (TPSA) is 57.5 Å². The molecule has 0 aliphatic heterocycles. The van der Waals surface area contributed by atoms with Gasteiger partial charge in [-0.25, -0.2) is 4.79 Å². The van der Waals surface area contributed by atoms with Crippen LogP contribution in [0.15, 0.2) is 30.5 Å². The molecular formula is C12H14O3. The van der Waals surface area contributed by atoms with Crippen molar-refractivity contribution in [2.75, 3.05) is 0 Å². The maximum atomic E-state index is 10.7. The zero-order chi connectivity index (χ0) is 11.3. The first-order valence-corrected chi connectivity index (χ1v) is 4.77. The minimum absolute atomic E-state index is 0.309. The molecule has 1 aromatic rings. The predicted molar refractivity (Wildman–Crippen MR) is 58.2 cm³/mol. The lowest BCUT2D eigenvalue weighted by Gasteiger charge is -2.05. The molecule has 0 spiro atoms. The smallest absolute Gasteiger partial charge is 0.335 e. The van der Waals surface area contributed by atoms with E-state index in [4.69, 9.17) is 10.2 Å². The van der Waals surface area contributed by atoms with Crippen LogP contribution in [0.25, 0.3) is 0 Å². The molecule has 3 heteroatoms. The Balaban J connectivity index is 2.85. The van der Waals surface area contributed by atoms with Gasteiger partial charge >= 0.3 is 5.97 Å². The Hall–Kier alpha value is -1.77. The van der Waals surface area contributed by atoms with E-state index in [9.17, 15) is 4.79 Å². The summed E-state index contributed by atoms with van der Waals surface area (Å²) in [4.78, 5) is 10.7. The van der Waals surface area contributed by atoms with Crippen molar-refractivity contribution in [3.05, 3.63) is 47.2 Å². The van der Waals surface area contributed by atoms with E-state index in [1.807, 2.05) is 6.92 Å². The van der Waals surface area contributed by atoms with E-state index in [2.05, 4.69) is 0 Å². The quantitative estimate of drug-likeness (QED) is 0.744. The van der Waals surface area contributed by atoms with Gasteiger partial charge in [0.05, 0.1) is 11.8 Å². The molecule has 0 aliphatic carbocycles. The van der Waals surface area contributed by atoms with Gasteiger partial charge < -0.3 is 10.2 Å². The summed E-state index contributed by atoms with van der Waals surface area (Å²) in [5, 5.41) is 17.3. The Morgan fingerprint density at radius 3 is 2.80 bits per heavy atom. The molecule has 0 amide bonds. The highest BCUT2D eigenvalue weighted by molar-refractivity contribution is 5.87. The molecule has 0 radical (unpaired) electrons. The largest absolute Gasteiger partial charge is 0.516 e. The molecule has 0 atom stereocenters. The maximum absolute atomic E-state index is 10.7. The second-order valence-corrected chi connectivity index (χ2v) is 3.37. The summed E-state index contributed by atoms with van der Waals surface area (Å²) in [6.07, 6.45) is 4.10. The molecule has 2 N–H and O–H groups in total. The molecular weight excluding hydrogens is 192 g/mol. The number of rotatable bonds is 4. The van der Waals surface area contributed by atoms with Crippen LogP contribution in [0.4, 0.5) is 0 Å². The second kappa shape index (κ2) is 5.20. The van der Waals surface area contributed by atoms with E-state index >= 15 is 0 Å². The zero-order valence-corrected chi connectivity index (χ0v) is 8.60. The highest BCUT2D eigenvalue weighted by Gasteiger charge is 2.05. The van der Waals surface area contributed by atoms with Crippen molar-refractivity contribution >= 4 is 5.97 Å². The number of carboxylic acids is 1. The van der Waals surface area contributed by atoms with E-state index in [1.54, 1.807) is 24.3 Å². The molecule has 1 aromatic carbocycles. The van der Waals surface area contributed by atoms with Gasteiger partial charge in [0.2, 0.25) is 0 Å². The lowest BCUT2D eigenvalue weighted by Crippen LogP contribution is -1.99. The van der Waals surface area contributed by atoms with Crippen LogP contribution in [0.2, 0.25) is 0 Å². The molecule has 0 bridgehead atoms. The minimum atomic E-state index is -0.908. The second-order valence-electron chi connectivity index (χ2n) is 3.37. The van der Waals surface area contributed by atoms with Gasteiger partial charge in [-0.1, -0.05) is 6.07 Å². The van der Waals surface area contributed by atoms with Crippen LogP contribution in [-0.4, -0.2) is 16.2 Å². The van der Waals surface area contributed by atoms with Crippen LogP contribution >= 0.6 is 0 Å². The van der Waals surface area contributed by atoms with Crippen LogP contribution in [0.5, 0.6) is 0 Å². The van der Waals surface area contributed by atoms with Gasteiger partial charge in [0.15, 0.2) is 0 Å². The fourth-order valence-corrected chi connectivity index (χ4v) is 1.39. The van der Waals surface area contributed by atoms with Crippen LogP contribution in [0.1, 0.15) is 27.9 Å². The predicted octanol–water partition coefficient (Wildman–Crippen LogP) is 2.70. The van der Waals surface area contributed by atoms with Crippen molar-refractivity contribution in [1.29, 1.82) is 0 Å². The summed E-state index contributed by atoms with van der Waals surface area (Å²) in [7, 11) is 0. The average Bonchev–Trinajstić information content (AvgIpc) is 2.20. The number of hydrogen-bond acceptors (Lipinski definition) is 2. The van der Waals surface area contributed by atoms with Gasteiger partial charge in [0.1, 0.15) is 0 Å². The molecule has 0 saturated heterocycles. The summed E-state index contributed by atoms with van der Waals surface area (Å²) in [5.74, 6) is -0.908. The normalized spacial score (nSPS) is 10.7. The molecule has 0 aliphatic rings. The first-order chi connectivity index (χ1) is 7.15. The van der Waals surface area contributed by atoms with Gasteiger partial charge in [-0.3, -0.25) is 0 Å². The summed E-state index contributed by atoms with van der Waals surface area (Å²) >= 11 is 0. The minimum Gasteiger partial charge on any atom is -0.516 e. The van der Waals surface area contributed by atoms with Crippen LogP contribution in [-0.2, 0) is 6.42 Å². The molecule has 0 fully saturated rings. The number of allylic oxidation sites excluding steroid dienone is 1. The summed E-state index contributed by atoms with van der Waals surface area (Å²) < 4.78 is 0. The molecule has 0 aromatic heterocycles. The zero-order valence-electron chi connectivity index (χ0n) is 8.60. The standard InChI is InChI=1S/C12H14O3/c1-9-5-6-11(12(14)15)8-10(9)4-2-3-7-13/h3,5-8,13H,2,4H2,1H3,(H,14,15). The highest BCUT2D eigenvalue weighted by atomic mass is 16.4. The van der Waals surface area contributed by atoms with Crippen molar-refractivity contribution in [2.45, 2.75) is 19.8 Å².